The Balaban J connectivity index is 1.92. The molecule has 0 fully saturated rings. The molecule has 114 valence electrons. The zero-order valence-electron chi connectivity index (χ0n) is 11.9. The van der Waals surface area contributed by atoms with E-state index >= 15 is 0 Å². The number of rotatable bonds is 7. The number of aryl methyl sites for hydroxylation is 1. The topological polar surface area (TPSA) is 39.9 Å². The van der Waals surface area contributed by atoms with E-state index in [0.29, 0.717) is 0 Å². The average Bonchev–Trinajstić information content (AvgIpc) is 2.92. The second-order valence-corrected chi connectivity index (χ2v) is 5.72. The van der Waals surface area contributed by atoms with Crippen LogP contribution in [-0.4, -0.2) is 21.4 Å². The molecule has 1 atom stereocenters. The number of halogens is 2. The quantitative estimate of drug-likeness (QED) is 0.777. The van der Waals surface area contributed by atoms with Crippen LogP contribution in [-0.2, 0) is 12.3 Å². The van der Waals surface area contributed by atoms with Crippen molar-refractivity contribution in [3.05, 3.63) is 42.0 Å². The van der Waals surface area contributed by atoms with Crippen molar-refractivity contribution in [3.8, 4) is 5.75 Å². The van der Waals surface area contributed by atoms with Crippen molar-refractivity contribution < 1.29 is 13.5 Å². The molecule has 0 amide bonds. The average molecular weight is 313 g/mol. The van der Waals surface area contributed by atoms with Crippen LogP contribution in [0.5, 0.6) is 5.75 Å². The van der Waals surface area contributed by atoms with Gasteiger partial charge in [-0.15, -0.1) is 11.8 Å². The fourth-order valence-corrected chi connectivity index (χ4v) is 2.85. The molecular formula is C14H17F2N3OS. The lowest BCUT2D eigenvalue weighted by atomic mass is 10.2. The molecule has 0 aliphatic heterocycles. The molecule has 21 heavy (non-hydrogen) atoms. The summed E-state index contributed by atoms with van der Waals surface area (Å²) in [5, 5.41) is 4.36. The van der Waals surface area contributed by atoms with Gasteiger partial charge in [-0.25, -0.2) is 9.67 Å². The second-order valence-electron chi connectivity index (χ2n) is 4.39. The van der Waals surface area contributed by atoms with Crippen molar-refractivity contribution in [2.24, 2.45) is 0 Å². The molecule has 2 aromatic rings. The predicted octanol–water partition coefficient (Wildman–Crippen LogP) is 3.89. The minimum Gasteiger partial charge on any atom is -0.435 e. The van der Waals surface area contributed by atoms with E-state index in [1.807, 2.05) is 11.6 Å². The molecule has 0 saturated heterocycles. The van der Waals surface area contributed by atoms with Crippen molar-refractivity contribution in [2.75, 3.05) is 0 Å². The summed E-state index contributed by atoms with van der Waals surface area (Å²) >= 11 is 1.72. The summed E-state index contributed by atoms with van der Waals surface area (Å²) in [6.07, 6.45) is 1.56. The van der Waals surface area contributed by atoms with Gasteiger partial charge in [-0.1, -0.05) is 12.1 Å². The standard InChI is InChI=1S/C14H17F2N3OS/c1-3-19-13(17-9-18-19)8-21-10(2)11-4-6-12(7-5-11)20-14(15)16/h4-7,9-10,14H,3,8H2,1-2H3/t10-/m0/s1. The predicted molar refractivity (Wildman–Crippen MR) is 78.5 cm³/mol. The van der Waals surface area contributed by atoms with Gasteiger partial charge in [0.15, 0.2) is 0 Å². The van der Waals surface area contributed by atoms with Gasteiger partial charge in [-0.3, -0.25) is 0 Å². The summed E-state index contributed by atoms with van der Waals surface area (Å²) in [5.74, 6) is 1.87. The Bertz CT molecular complexity index is 560. The molecule has 0 saturated carbocycles. The number of nitrogens with zero attached hydrogens (tertiary/aromatic N) is 3. The summed E-state index contributed by atoms with van der Waals surface area (Å²) in [6.45, 7) is 2.10. The van der Waals surface area contributed by atoms with Gasteiger partial charge in [-0.05, 0) is 31.5 Å². The maximum atomic E-state index is 12.1. The normalized spacial score (nSPS) is 12.6. The van der Waals surface area contributed by atoms with E-state index in [2.05, 4.69) is 21.7 Å². The molecule has 1 heterocycles. The number of hydrogen-bond acceptors (Lipinski definition) is 4. The van der Waals surface area contributed by atoms with Crippen molar-refractivity contribution >= 4 is 11.8 Å². The lowest BCUT2D eigenvalue weighted by Gasteiger charge is -2.12. The van der Waals surface area contributed by atoms with E-state index in [4.69, 9.17) is 0 Å². The van der Waals surface area contributed by atoms with E-state index in [-0.39, 0.29) is 11.0 Å². The molecule has 0 N–H and O–H groups in total. The lowest BCUT2D eigenvalue weighted by Crippen LogP contribution is -2.03. The molecule has 0 unspecified atom stereocenters. The first-order chi connectivity index (χ1) is 10.1. The highest BCUT2D eigenvalue weighted by Crippen LogP contribution is 2.31. The zero-order chi connectivity index (χ0) is 15.2. The van der Waals surface area contributed by atoms with Crippen LogP contribution in [0.3, 0.4) is 0 Å². The molecule has 1 aromatic carbocycles. The highest BCUT2D eigenvalue weighted by atomic mass is 32.2. The van der Waals surface area contributed by atoms with Crippen LogP contribution in [0.1, 0.15) is 30.5 Å². The van der Waals surface area contributed by atoms with Gasteiger partial charge in [-0.2, -0.15) is 13.9 Å². The van der Waals surface area contributed by atoms with E-state index in [9.17, 15) is 8.78 Å². The summed E-state index contributed by atoms with van der Waals surface area (Å²) in [7, 11) is 0. The van der Waals surface area contributed by atoms with Gasteiger partial charge in [0.05, 0.1) is 5.75 Å². The first-order valence-electron chi connectivity index (χ1n) is 6.63. The number of benzene rings is 1. The monoisotopic (exact) mass is 313 g/mol. The fourth-order valence-electron chi connectivity index (χ4n) is 1.88. The van der Waals surface area contributed by atoms with Crippen LogP contribution in [0.2, 0.25) is 0 Å². The van der Waals surface area contributed by atoms with E-state index in [0.717, 1.165) is 23.7 Å². The van der Waals surface area contributed by atoms with Gasteiger partial charge < -0.3 is 4.74 Å². The number of thioether (sulfide) groups is 1. The van der Waals surface area contributed by atoms with Crippen LogP contribution < -0.4 is 4.74 Å². The van der Waals surface area contributed by atoms with Crippen LogP contribution in [0.25, 0.3) is 0 Å². The maximum absolute atomic E-state index is 12.1. The third-order valence-corrected chi connectivity index (χ3v) is 4.23. The Labute approximate surface area is 126 Å². The minimum absolute atomic E-state index is 0.177. The van der Waals surface area contributed by atoms with Crippen LogP contribution in [0.15, 0.2) is 30.6 Å². The summed E-state index contributed by atoms with van der Waals surface area (Å²) in [4.78, 5) is 4.23. The Morgan fingerprint density at radius 3 is 2.62 bits per heavy atom. The van der Waals surface area contributed by atoms with Crippen molar-refractivity contribution in [1.29, 1.82) is 0 Å². The van der Waals surface area contributed by atoms with E-state index in [1.165, 1.54) is 0 Å². The Hall–Kier alpha value is -1.63. The second kappa shape index (κ2) is 7.40. The van der Waals surface area contributed by atoms with Crippen molar-refractivity contribution in [3.63, 3.8) is 0 Å². The molecule has 4 nitrogen and oxygen atoms in total. The summed E-state index contributed by atoms with van der Waals surface area (Å²) in [6, 6.07) is 6.74. The molecule has 7 heteroatoms. The van der Waals surface area contributed by atoms with Gasteiger partial charge in [0, 0.05) is 11.8 Å². The Morgan fingerprint density at radius 1 is 1.29 bits per heavy atom. The number of aromatic nitrogens is 3. The lowest BCUT2D eigenvalue weighted by molar-refractivity contribution is -0.0498. The molecule has 0 aliphatic rings. The molecule has 0 aliphatic carbocycles. The SMILES string of the molecule is CCn1ncnc1CS[C@@H](C)c1ccc(OC(F)F)cc1. The van der Waals surface area contributed by atoms with Crippen molar-refractivity contribution in [1.82, 2.24) is 14.8 Å². The van der Waals surface area contributed by atoms with Crippen molar-refractivity contribution in [2.45, 2.75) is 38.0 Å². The van der Waals surface area contributed by atoms with Gasteiger partial charge >= 0.3 is 6.61 Å². The fraction of sp³-hybridized carbons (Fsp3) is 0.429. The first kappa shape index (κ1) is 15.8. The maximum Gasteiger partial charge on any atom is 0.387 e. The number of alkyl halides is 2. The molecule has 1 aromatic heterocycles. The van der Waals surface area contributed by atoms with Crippen LogP contribution in [0.4, 0.5) is 8.78 Å². The van der Waals surface area contributed by atoms with E-state index in [1.54, 1.807) is 42.4 Å². The largest absolute Gasteiger partial charge is 0.435 e. The minimum atomic E-state index is -2.79. The third kappa shape index (κ3) is 4.42. The zero-order valence-corrected chi connectivity index (χ0v) is 12.7. The molecule has 0 spiro atoms. The summed E-state index contributed by atoms with van der Waals surface area (Å²) < 4.78 is 30.4. The van der Waals surface area contributed by atoms with E-state index < -0.39 is 6.61 Å². The summed E-state index contributed by atoms with van der Waals surface area (Å²) in [5.41, 5.74) is 1.06. The Kier molecular flexibility index (Phi) is 5.55. The number of ether oxygens (including phenoxy) is 1. The first-order valence-corrected chi connectivity index (χ1v) is 7.68. The van der Waals surface area contributed by atoms with Crippen LogP contribution >= 0.6 is 11.8 Å². The smallest absolute Gasteiger partial charge is 0.387 e. The number of hydrogen-bond donors (Lipinski definition) is 0. The Morgan fingerprint density at radius 2 is 2.00 bits per heavy atom. The highest BCUT2D eigenvalue weighted by molar-refractivity contribution is 7.98. The third-order valence-electron chi connectivity index (χ3n) is 3.03. The van der Waals surface area contributed by atoms with Gasteiger partial charge in [0.1, 0.15) is 17.9 Å². The molecule has 2 rings (SSSR count). The van der Waals surface area contributed by atoms with Gasteiger partial charge in [0.25, 0.3) is 0 Å². The van der Waals surface area contributed by atoms with Crippen LogP contribution in [0, 0.1) is 0 Å². The molecular weight excluding hydrogens is 296 g/mol. The molecule has 0 radical (unpaired) electrons. The molecule has 0 bridgehead atoms. The van der Waals surface area contributed by atoms with Gasteiger partial charge in [0.2, 0.25) is 0 Å². The highest BCUT2D eigenvalue weighted by Gasteiger charge is 2.10.